The van der Waals surface area contributed by atoms with E-state index in [4.69, 9.17) is 23.9 Å². The molecule has 11 nitrogen and oxygen atoms in total. The maximum atomic E-state index is 12.3. The molecule has 11 heteroatoms. The van der Waals surface area contributed by atoms with Crippen LogP contribution in [0.1, 0.15) is 22.1 Å². The van der Waals surface area contributed by atoms with Gasteiger partial charge >= 0.3 is 6.01 Å². The van der Waals surface area contributed by atoms with Crippen molar-refractivity contribution in [1.29, 1.82) is 0 Å². The zero-order valence-electron chi connectivity index (χ0n) is 14.7. The molecule has 142 valence electrons. The fraction of sp³-hybridized carbons (Fsp3) is 0.533. The van der Waals surface area contributed by atoms with Crippen molar-refractivity contribution in [3.8, 4) is 6.01 Å². The first-order valence-electron chi connectivity index (χ1n) is 7.82. The van der Waals surface area contributed by atoms with Gasteiger partial charge in [0, 0.05) is 25.5 Å². The predicted octanol–water partition coefficient (Wildman–Crippen LogP) is -0.192. The van der Waals surface area contributed by atoms with Crippen LogP contribution in [0.4, 0.5) is 0 Å². The van der Waals surface area contributed by atoms with Gasteiger partial charge in [-0.15, -0.1) is 5.10 Å². The van der Waals surface area contributed by atoms with E-state index >= 15 is 0 Å². The van der Waals surface area contributed by atoms with Crippen molar-refractivity contribution in [2.45, 2.75) is 19.4 Å². The number of carbonyl (C=O) groups is 2. The lowest BCUT2D eigenvalue weighted by Gasteiger charge is -2.16. The Morgan fingerprint density at radius 3 is 2.85 bits per heavy atom. The highest BCUT2D eigenvalue weighted by molar-refractivity contribution is 5.90. The van der Waals surface area contributed by atoms with Gasteiger partial charge in [-0.2, -0.15) is 4.98 Å². The van der Waals surface area contributed by atoms with Crippen molar-refractivity contribution in [3.05, 3.63) is 23.3 Å². The van der Waals surface area contributed by atoms with Crippen LogP contribution >= 0.6 is 0 Å². The molecular formula is C15H21N5O6. The number of amides is 1. The Bertz CT molecular complexity index is 743. The molecule has 3 rings (SSSR count). The number of rotatable bonds is 5. The number of hydrogen-bond donors (Lipinski definition) is 2. The van der Waals surface area contributed by atoms with Gasteiger partial charge in [0.1, 0.15) is 5.76 Å². The summed E-state index contributed by atoms with van der Waals surface area (Å²) in [5.74, 6) is 0.635. The number of aryl methyl sites for hydroxylation is 2. The first kappa shape index (κ1) is 19.4. The molecular weight excluding hydrogens is 346 g/mol. The van der Waals surface area contributed by atoms with Crippen LogP contribution in [0.15, 0.2) is 10.6 Å². The molecule has 2 aromatic heterocycles. The van der Waals surface area contributed by atoms with Crippen LogP contribution in [0.5, 0.6) is 6.01 Å². The first-order valence-corrected chi connectivity index (χ1v) is 7.82. The number of methoxy groups -OCH3 is 1. The molecule has 2 aromatic rings. The normalized spacial score (nSPS) is 18.7. The van der Waals surface area contributed by atoms with Crippen molar-refractivity contribution in [2.75, 3.05) is 20.3 Å². The van der Waals surface area contributed by atoms with Crippen molar-refractivity contribution in [1.82, 2.24) is 25.2 Å². The maximum Gasteiger partial charge on any atom is 0.314 e. The van der Waals surface area contributed by atoms with E-state index in [0.717, 1.165) is 11.5 Å². The number of nitrogens with one attached hydrogen (secondary N) is 1. The minimum absolute atomic E-state index is 0.0745. The lowest BCUT2D eigenvalue weighted by Crippen LogP contribution is -2.41. The van der Waals surface area contributed by atoms with Crippen molar-refractivity contribution < 1.29 is 28.7 Å². The summed E-state index contributed by atoms with van der Waals surface area (Å²) in [5.41, 5.74) is 0.837. The first-order chi connectivity index (χ1) is 12.5. The molecule has 26 heavy (non-hydrogen) atoms. The molecule has 0 radical (unpaired) electrons. The van der Waals surface area contributed by atoms with Crippen molar-refractivity contribution in [3.63, 3.8) is 0 Å². The van der Waals surface area contributed by atoms with E-state index in [-0.39, 0.29) is 36.2 Å². The van der Waals surface area contributed by atoms with Gasteiger partial charge in [-0.1, -0.05) is 5.16 Å². The molecule has 0 bridgehead atoms. The largest absolute Gasteiger partial charge is 0.483 e. The van der Waals surface area contributed by atoms with Crippen molar-refractivity contribution >= 4 is 12.4 Å². The van der Waals surface area contributed by atoms with E-state index in [2.05, 4.69) is 20.6 Å². The van der Waals surface area contributed by atoms with Gasteiger partial charge in [-0.3, -0.25) is 9.59 Å². The van der Waals surface area contributed by atoms with Crippen LogP contribution in [0, 0.1) is 12.8 Å². The molecule has 1 amide bonds. The minimum Gasteiger partial charge on any atom is -0.483 e. The van der Waals surface area contributed by atoms with Crippen LogP contribution < -0.4 is 10.1 Å². The highest BCUT2D eigenvalue weighted by Crippen LogP contribution is 2.20. The lowest BCUT2D eigenvalue weighted by molar-refractivity contribution is -0.122. The van der Waals surface area contributed by atoms with Crippen LogP contribution in [0.3, 0.4) is 0 Å². The van der Waals surface area contributed by atoms with Crippen LogP contribution in [-0.2, 0) is 23.0 Å². The highest BCUT2D eigenvalue weighted by atomic mass is 16.5. The average molecular weight is 367 g/mol. The third kappa shape index (κ3) is 4.79. The van der Waals surface area contributed by atoms with Gasteiger partial charge in [0.25, 0.3) is 12.4 Å². The average Bonchev–Trinajstić information content (AvgIpc) is 3.30. The summed E-state index contributed by atoms with van der Waals surface area (Å²) in [4.78, 5) is 24.7. The molecule has 1 fully saturated rings. The van der Waals surface area contributed by atoms with Gasteiger partial charge in [-0.05, 0) is 6.92 Å². The summed E-state index contributed by atoms with van der Waals surface area (Å²) in [7, 11) is 3.14. The Hall–Kier alpha value is -2.95. The number of carbonyl (C=O) groups excluding carboxylic acids is 1. The molecule has 0 spiro atoms. The van der Waals surface area contributed by atoms with E-state index in [1.165, 1.54) is 11.8 Å². The summed E-state index contributed by atoms with van der Waals surface area (Å²) in [6.45, 7) is 2.63. The Morgan fingerprint density at radius 2 is 2.27 bits per heavy atom. The molecule has 1 aliphatic heterocycles. The molecule has 2 atom stereocenters. The fourth-order valence-electron chi connectivity index (χ4n) is 2.61. The number of nitrogens with zero attached hydrogens (tertiary/aromatic N) is 4. The Kier molecular flexibility index (Phi) is 6.67. The standard InChI is InChI=1S/C14H19N5O4.CH2O2/c1-8-4-10(23-18-8)5-9-6-22-7-11(9)15-13(20)12-16-14(21-3)19(2)17-12;2-1-3/h4,9,11H,5-7H2,1-3H3,(H,15,20);1H,(H,2,3)/t9-,11+;/m1./s1. The fourth-order valence-corrected chi connectivity index (χ4v) is 2.61. The number of hydrogen-bond acceptors (Lipinski definition) is 8. The second kappa shape index (κ2) is 8.94. The third-order valence-electron chi connectivity index (χ3n) is 3.76. The molecule has 3 heterocycles. The van der Waals surface area contributed by atoms with Crippen LogP contribution in [0.25, 0.3) is 0 Å². The Balaban J connectivity index is 0.000000758. The quantitative estimate of drug-likeness (QED) is 0.687. The minimum atomic E-state index is -0.349. The number of aromatic nitrogens is 4. The summed E-state index contributed by atoms with van der Waals surface area (Å²) in [6, 6.07) is 2.05. The summed E-state index contributed by atoms with van der Waals surface area (Å²) < 4.78 is 17.1. The smallest absolute Gasteiger partial charge is 0.314 e. The van der Waals surface area contributed by atoms with E-state index in [1.54, 1.807) is 7.05 Å². The van der Waals surface area contributed by atoms with E-state index in [0.29, 0.717) is 19.6 Å². The SMILES string of the molecule is COc1nc(C(=O)N[C@H]2COC[C@H]2Cc2cc(C)no2)nn1C.O=CO. The number of ether oxygens (including phenoxy) is 2. The molecule has 1 aliphatic rings. The van der Waals surface area contributed by atoms with Gasteiger partial charge in [0.15, 0.2) is 0 Å². The topological polar surface area (TPSA) is 142 Å². The maximum absolute atomic E-state index is 12.3. The van der Waals surface area contributed by atoms with Crippen LogP contribution in [-0.4, -0.2) is 63.8 Å². The number of carboxylic acid groups (broad SMARTS) is 1. The summed E-state index contributed by atoms with van der Waals surface area (Å²) in [6.07, 6.45) is 0.657. The van der Waals surface area contributed by atoms with Crippen LogP contribution in [0.2, 0.25) is 0 Å². The lowest BCUT2D eigenvalue weighted by atomic mass is 9.98. The summed E-state index contributed by atoms with van der Waals surface area (Å²) >= 11 is 0. The second-order valence-electron chi connectivity index (χ2n) is 5.67. The zero-order chi connectivity index (χ0) is 19.1. The predicted molar refractivity (Wildman–Crippen MR) is 86.8 cm³/mol. The van der Waals surface area contributed by atoms with E-state index in [1.807, 2.05) is 13.0 Å². The molecule has 0 saturated carbocycles. The van der Waals surface area contributed by atoms with Gasteiger partial charge < -0.3 is 24.4 Å². The highest BCUT2D eigenvalue weighted by Gasteiger charge is 2.32. The monoisotopic (exact) mass is 367 g/mol. The Labute approximate surface area is 149 Å². The van der Waals surface area contributed by atoms with Gasteiger partial charge in [0.2, 0.25) is 5.82 Å². The van der Waals surface area contributed by atoms with Crippen molar-refractivity contribution in [2.24, 2.45) is 13.0 Å². The molecule has 2 N–H and O–H groups in total. The zero-order valence-corrected chi connectivity index (χ0v) is 14.7. The Morgan fingerprint density at radius 1 is 1.54 bits per heavy atom. The molecule has 1 saturated heterocycles. The second-order valence-corrected chi connectivity index (χ2v) is 5.67. The van der Waals surface area contributed by atoms with Gasteiger partial charge in [-0.25, -0.2) is 4.68 Å². The van der Waals surface area contributed by atoms with Gasteiger partial charge in [0.05, 0.1) is 32.1 Å². The third-order valence-corrected chi connectivity index (χ3v) is 3.76. The van der Waals surface area contributed by atoms with E-state index < -0.39 is 0 Å². The van der Waals surface area contributed by atoms with E-state index in [9.17, 15) is 4.79 Å². The molecule has 0 aromatic carbocycles. The molecule has 0 aliphatic carbocycles. The molecule has 0 unspecified atom stereocenters. The summed E-state index contributed by atoms with van der Waals surface area (Å²) in [5, 5.41) is 17.7.